The molecule has 0 atom stereocenters. The van der Waals surface area contributed by atoms with Crippen molar-refractivity contribution in [1.29, 1.82) is 0 Å². The molecule has 0 bridgehead atoms. The highest BCUT2D eigenvalue weighted by atomic mass is 79.9. The van der Waals surface area contributed by atoms with E-state index in [1.165, 1.54) is 7.11 Å². The predicted octanol–water partition coefficient (Wildman–Crippen LogP) is 4.50. The van der Waals surface area contributed by atoms with Crippen molar-refractivity contribution < 1.29 is 14.3 Å². The predicted molar refractivity (Wildman–Crippen MR) is 81.9 cm³/mol. The van der Waals surface area contributed by atoms with E-state index in [0.717, 1.165) is 10.0 Å². The van der Waals surface area contributed by atoms with Gasteiger partial charge in [-0.05, 0) is 29.8 Å². The zero-order chi connectivity index (χ0) is 14.5. The highest BCUT2D eigenvalue weighted by molar-refractivity contribution is 9.10. The second-order valence-corrected chi connectivity index (χ2v) is 5.39. The van der Waals surface area contributed by atoms with E-state index < -0.39 is 0 Å². The number of methoxy groups -OCH3 is 1. The van der Waals surface area contributed by atoms with Gasteiger partial charge < -0.3 is 9.47 Å². The number of hydrogen-bond acceptors (Lipinski definition) is 3. The second-order valence-electron chi connectivity index (χ2n) is 4.07. The lowest BCUT2D eigenvalue weighted by Gasteiger charge is -2.13. The van der Waals surface area contributed by atoms with Crippen LogP contribution in [0.2, 0.25) is 5.02 Å². The Morgan fingerprint density at radius 3 is 2.55 bits per heavy atom. The molecule has 2 aromatic rings. The normalized spacial score (nSPS) is 10.2. The topological polar surface area (TPSA) is 35.5 Å². The Balaban J connectivity index is 2.20. The summed E-state index contributed by atoms with van der Waals surface area (Å²) in [6.07, 6.45) is 0.715. The lowest BCUT2D eigenvalue weighted by atomic mass is 10.2. The Morgan fingerprint density at radius 1 is 1.25 bits per heavy atom. The molecule has 0 fully saturated rings. The van der Waals surface area contributed by atoms with Crippen LogP contribution in [0.25, 0.3) is 0 Å². The van der Waals surface area contributed by atoms with Gasteiger partial charge in [0, 0.05) is 10.0 Å². The van der Waals surface area contributed by atoms with Gasteiger partial charge in [-0.15, -0.1) is 0 Å². The van der Waals surface area contributed by atoms with E-state index in [9.17, 15) is 4.79 Å². The Labute approximate surface area is 130 Å². The van der Waals surface area contributed by atoms with Crippen LogP contribution in [-0.4, -0.2) is 13.4 Å². The highest BCUT2D eigenvalue weighted by Crippen LogP contribution is 2.36. The molecule has 5 heteroatoms. The molecule has 0 aliphatic carbocycles. The minimum atomic E-state index is 0.351. The fourth-order valence-electron chi connectivity index (χ4n) is 1.68. The maximum absolute atomic E-state index is 10.8. The van der Waals surface area contributed by atoms with Gasteiger partial charge in [-0.1, -0.05) is 39.7 Å². The van der Waals surface area contributed by atoms with Gasteiger partial charge in [-0.3, -0.25) is 4.79 Å². The first-order valence-electron chi connectivity index (χ1n) is 5.84. The summed E-state index contributed by atoms with van der Waals surface area (Å²) in [6.45, 7) is 0.365. The van der Waals surface area contributed by atoms with E-state index in [1.807, 2.05) is 24.3 Å². The average Bonchev–Trinajstić information content (AvgIpc) is 2.47. The van der Waals surface area contributed by atoms with Crippen molar-refractivity contribution in [2.75, 3.05) is 7.11 Å². The van der Waals surface area contributed by atoms with E-state index in [2.05, 4.69) is 15.9 Å². The number of ether oxygens (including phenoxy) is 2. The summed E-state index contributed by atoms with van der Waals surface area (Å²) >= 11 is 9.49. The summed E-state index contributed by atoms with van der Waals surface area (Å²) in [6, 6.07) is 10.9. The van der Waals surface area contributed by atoms with Crippen molar-refractivity contribution in [3.63, 3.8) is 0 Å². The molecule has 0 saturated carbocycles. The molecule has 3 nitrogen and oxygen atoms in total. The molecule has 0 unspecified atom stereocenters. The first-order chi connectivity index (χ1) is 9.63. The van der Waals surface area contributed by atoms with E-state index >= 15 is 0 Å². The SMILES string of the molecule is COc1cc(C=O)cc(Cl)c1OCc1ccc(Br)cc1. The summed E-state index contributed by atoms with van der Waals surface area (Å²) in [4.78, 5) is 10.8. The first kappa shape index (κ1) is 14.9. The van der Waals surface area contributed by atoms with Crippen LogP contribution in [0.1, 0.15) is 15.9 Å². The summed E-state index contributed by atoms with van der Waals surface area (Å²) in [7, 11) is 1.51. The Morgan fingerprint density at radius 2 is 1.95 bits per heavy atom. The molecule has 20 heavy (non-hydrogen) atoms. The maximum Gasteiger partial charge on any atom is 0.180 e. The molecular weight excluding hydrogens is 344 g/mol. The Kier molecular flexibility index (Phi) is 5.04. The van der Waals surface area contributed by atoms with Crippen molar-refractivity contribution >= 4 is 33.8 Å². The van der Waals surface area contributed by atoms with Gasteiger partial charge in [0.05, 0.1) is 12.1 Å². The zero-order valence-electron chi connectivity index (χ0n) is 10.7. The monoisotopic (exact) mass is 354 g/mol. The molecule has 0 radical (unpaired) electrons. The number of benzene rings is 2. The number of carbonyl (C=O) groups is 1. The summed E-state index contributed by atoms with van der Waals surface area (Å²) < 4.78 is 11.9. The zero-order valence-corrected chi connectivity index (χ0v) is 13.1. The van der Waals surface area contributed by atoms with E-state index in [1.54, 1.807) is 12.1 Å². The van der Waals surface area contributed by atoms with Crippen LogP contribution >= 0.6 is 27.5 Å². The van der Waals surface area contributed by atoms with Crippen molar-refractivity contribution in [3.05, 3.63) is 57.0 Å². The molecule has 0 N–H and O–H groups in total. The third kappa shape index (κ3) is 3.52. The van der Waals surface area contributed by atoms with Gasteiger partial charge in [0.2, 0.25) is 0 Å². The molecule has 0 spiro atoms. The van der Waals surface area contributed by atoms with Crippen molar-refractivity contribution in [2.45, 2.75) is 6.61 Å². The van der Waals surface area contributed by atoms with Gasteiger partial charge in [-0.25, -0.2) is 0 Å². The molecule has 0 heterocycles. The molecule has 104 valence electrons. The van der Waals surface area contributed by atoms with Crippen LogP contribution in [0.5, 0.6) is 11.5 Å². The standard InChI is InChI=1S/C15H12BrClO3/c1-19-14-7-11(8-18)6-13(17)15(14)20-9-10-2-4-12(16)5-3-10/h2-8H,9H2,1H3. The highest BCUT2D eigenvalue weighted by Gasteiger charge is 2.12. The van der Waals surface area contributed by atoms with Gasteiger partial charge >= 0.3 is 0 Å². The van der Waals surface area contributed by atoms with Crippen LogP contribution in [0.4, 0.5) is 0 Å². The number of carbonyl (C=O) groups excluding carboxylic acids is 1. The summed E-state index contributed by atoms with van der Waals surface area (Å²) in [5.41, 5.74) is 1.45. The minimum Gasteiger partial charge on any atom is -0.493 e. The van der Waals surface area contributed by atoms with E-state index in [4.69, 9.17) is 21.1 Å². The smallest absolute Gasteiger partial charge is 0.180 e. The number of aldehydes is 1. The molecule has 0 saturated heterocycles. The quantitative estimate of drug-likeness (QED) is 0.741. The van der Waals surface area contributed by atoms with Crippen LogP contribution in [0, 0.1) is 0 Å². The van der Waals surface area contributed by atoms with Crippen molar-refractivity contribution in [3.8, 4) is 11.5 Å². The molecular formula is C15H12BrClO3. The minimum absolute atomic E-state index is 0.351. The Bertz CT molecular complexity index is 611. The summed E-state index contributed by atoms with van der Waals surface area (Å²) in [5.74, 6) is 0.874. The second kappa shape index (κ2) is 6.77. The fourth-order valence-corrected chi connectivity index (χ4v) is 2.22. The number of hydrogen-bond donors (Lipinski definition) is 0. The lowest BCUT2D eigenvalue weighted by Crippen LogP contribution is -1.99. The van der Waals surface area contributed by atoms with Gasteiger partial charge in [0.25, 0.3) is 0 Å². The van der Waals surface area contributed by atoms with Crippen molar-refractivity contribution in [1.82, 2.24) is 0 Å². The van der Waals surface area contributed by atoms with Gasteiger partial charge in [-0.2, -0.15) is 0 Å². The largest absolute Gasteiger partial charge is 0.493 e. The lowest BCUT2D eigenvalue weighted by molar-refractivity contribution is 0.112. The van der Waals surface area contributed by atoms with Crippen LogP contribution in [0.3, 0.4) is 0 Å². The number of rotatable bonds is 5. The summed E-state index contributed by atoms with van der Waals surface area (Å²) in [5, 5.41) is 0.351. The third-order valence-corrected chi connectivity index (χ3v) is 3.49. The van der Waals surface area contributed by atoms with Crippen LogP contribution in [-0.2, 0) is 6.61 Å². The van der Waals surface area contributed by atoms with E-state index in [-0.39, 0.29) is 0 Å². The molecule has 2 rings (SSSR count). The van der Waals surface area contributed by atoms with E-state index in [0.29, 0.717) is 35.0 Å². The third-order valence-electron chi connectivity index (χ3n) is 2.68. The average molecular weight is 356 g/mol. The number of halogens is 2. The molecule has 0 amide bonds. The van der Waals surface area contributed by atoms with Crippen molar-refractivity contribution in [2.24, 2.45) is 0 Å². The fraction of sp³-hybridized carbons (Fsp3) is 0.133. The first-order valence-corrected chi connectivity index (χ1v) is 7.01. The van der Waals surface area contributed by atoms with Crippen LogP contribution < -0.4 is 9.47 Å². The molecule has 0 aromatic heterocycles. The van der Waals surface area contributed by atoms with Gasteiger partial charge in [0.1, 0.15) is 12.9 Å². The van der Waals surface area contributed by atoms with Gasteiger partial charge in [0.15, 0.2) is 11.5 Å². The molecule has 0 aliphatic heterocycles. The Hall–Kier alpha value is -1.52. The molecule has 2 aromatic carbocycles. The van der Waals surface area contributed by atoms with Crippen LogP contribution in [0.15, 0.2) is 40.9 Å². The molecule has 0 aliphatic rings. The maximum atomic E-state index is 10.8.